The Bertz CT molecular complexity index is 2450. The van der Waals surface area contributed by atoms with Gasteiger partial charge in [0, 0.05) is 26.2 Å². The van der Waals surface area contributed by atoms with Crippen LogP contribution in [0.2, 0.25) is 0 Å². The first-order chi connectivity index (χ1) is 26.0. The second kappa shape index (κ2) is 15.4. The summed E-state index contributed by atoms with van der Waals surface area (Å²) in [6.07, 6.45) is 3.73. The molecule has 0 spiro atoms. The van der Waals surface area contributed by atoms with Crippen molar-refractivity contribution in [1.29, 1.82) is 0 Å². The molecule has 2 aromatic carbocycles. The number of hydrogen-bond donors (Lipinski definition) is 2. The van der Waals surface area contributed by atoms with E-state index in [-0.39, 0.29) is 30.5 Å². The Labute approximate surface area is 309 Å². The van der Waals surface area contributed by atoms with E-state index in [1.165, 1.54) is 21.3 Å². The Morgan fingerprint density at radius 1 is 0.685 bits per heavy atom. The number of aromatic nitrogens is 8. The van der Waals surface area contributed by atoms with Gasteiger partial charge in [0.05, 0.1) is 60.4 Å². The lowest BCUT2D eigenvalue weighted by molar-refractivity contribution is 0.0592. The molecule has 0 saturated carbocycles. The number of ether oxygens (including phenoxy) is 3. The number of amides is 2. The molecule has 0 aliphatic rings. The maximum Gasteiger partial charge on any atom is 0.338 e. The van der Waals surface area contributed by atoms with Gasteiger partial charge in [0.2, 0.25) is 11.9 Å². The van der Waals surface area contributed by atoms with Crippen molar-refractivity contribution in [2.75, 3.05) is 32.0 Å². The first-order valence-corrected chi connectivity index (χ1v) is 17.1. The Balaban J connectivity index is 1.37. The van der Waals surface area contributed by atoms with Crippen molar-refractivity contribution in [2.24, 2.45) is 0 Å². The monoisotopic (exact) mass is 736 g/mol. The van der Waals surface area contributed by atoms with Crippen LogP contribution in [-0.4, -0.2) is 83.7 Å². The number of aryl methyl sites for hydroxylation is 4. The lowest BCUT2D eigenvalue weighted by Gasteiger charge is -2.12. The van der Waals surface area contributed by atoms with Crippen LogP contribution >= 0.6 is 0 Å². The molecule has 0 unspecified atom stereocenters. The zero-order valence-electron chi connectivity index (χ0n) is 31.0. The largest absolute Gasteiger partial charge is 0.494 e. The summed E-state index contributed by atoms with van der Waals surface area (Å²) in [6, 6.07) is 11.5. The standard InChI is InChI=1S/C37H40N10O7/c1-8-46-28(16-21(3)42-46)32(48)40-36-38-25-18-23(34(50)53-6)12-13-27(25)44(36)14-10-11-15-45-31-26(19-24(35(51)54-7)20-30(31)52-5)39-37(45)41-33(49)29-17-22(4)43-47(29)9-2/h10-13,16-20H,8-9,14-15H2,1-7H3,(H,38,40,48)(H,39,41,49)/b11-10+. The molecule has 0 aliphatic heterocycles. The number of benzene rings is 2. The van der Waals surface area contributed by atoms with Crippen molar-refractivity contribution in [3.8, 4) is 5.75 Å². The minimum absolute atomic E-state index is 0.209. The Kier molecular flexibility index (Phi) is 10.6. The van der Waals surface area contributed by atoms with E-state index in [0.29, 0.717) is 69.2 Å². The van der Waals surface area contributed by atoms with E-state index in [0.717, 1.165) is 0 Å². The van der Waals surface area contributed by atoms with Gasteiger partial charge in [-0.05, 0) is 70.2 Å². The Hall–Kier alpha value is -6.78. The number of anilines is 2. The highest BCUT2D eigenvalue weighted by Crippen LogP contribution is 2.31. The number of esters is 2. The summed E-state index contributed by atoms with van der Waals surface area (Å²) in [5.41, 5.74) is 4.73. The topological polar surface area (TPSA) is 191 Å². The Morgan fingerprint density at radius 2 is 1.20 bits per heavy atom. The molecule has 0 fully saturated rings. The van der Waals surface area contributed by atoms with Gasteiger partial charge < -0.3 is 23.3 Å². The number of imidazole rings is 2. The first kappa shape index (κ1) is 37.0. The third-order valence-corrected chi connectivity index (χ3v) is 8.68. The SMILES string of the molecule is CCn1nc(C)cc1C(=O)Nc1nc2cc(C(=O)OC)ccc2n1C/C=C/Cn1c(NC(=O)c2cc(C)nn2CC)nc2cc(C(=O)OC)cc(OC)c21. The van der Waals surface area contributed by atoms with E-state index < -0.39 is 23.8 Å². The van der Waals surface area contributed by atoms with Crippen LogP contribution in [0.1, 0.15) is 66.9 Å². The lowest BCUT2D eigenvalue weighted by Crippen LogP contribution is -2.20. The van der Waals surface area contributed by atoms with Crippen LogP contribution in [0.25, 0.3) is 22.1 Å². The highest BCUT2D eigenvalue weighted by atomic mass is 16.5. The predicted octanol–water partition coefficient (Wildman–Crippen LogP) is 4.78. The highest BCUT2D eigenvalue weighted by molar-refractivity contribution is 6.05. The molecule has 6 aromatic rings. The first-order valence-electron chi connectivity index (χ1n) is 17.1. The fourth-order valence-corrected chi connectivity index (χ4v) is 6.18. The maximum absolute atomic E-state index is 13.5. The molecule has 54 heavy (non-hydrogen) atoms. The fraction of sp³-hybridized carbons (Fsp3) is 0.297. The molecule has 0 radical (unpaired) electrons. The van der Waals surface area contributed by atoms with Gasteiger partial charge >= 0.3 is 11.9 Å². The number of rotatable bonds is 13. The fourth-order valence-electron chi connectivity index (χ4n) is 6.18. The molecule has 0 bridgehead atoms. The number of fused-ring (bicyclic) bond motifs is 2. The van der Waals surface area contributed by atoms with Crippen LogP contribution in [0.4, 0.5) is 11.9 Å². The second-order valence-electron chi connectivity index (χ2n) is 12.2. The van der Waals surface area contributed by atoms with Crippen molar-refractivity contribution in [1.82, 2.24) is 38.7 Å². The molecular formula is C37H40N10O7. The van der Waals surface area contributed by atoms with Crippen molar-refractivity contribution in [3.05, 3.63) is 88.5 Å². The summed E-state index contributed by atoms with van der Waals surface area (Å²) in [4.78, 5) is 61.2. The van der Waals surface area contributed by atoms with E-state index in [2.05, 4.69) is 30.8 Å². The zero-order valence-corrected chi connectivity index (χ0v) is 31.0. The van der Waals surface area contributed by atoms with Gasteiger partial charge in [-0.15, -0.1) is 0 Å². The van der Waals surface area contributed by atoms with Crippen LogP contribution in [0.15, 0.2) is 54.6 Å². The van der Waals surface area contributed by atoms with Gasteiger partial charge in [0.15, 0.2) is 0 Å². The van der Waals surface area contributed by atoms with Crippen LogP contribution in [0, 0.1) is 13.8 Å². The molecule has 6 rings (SSSR count). The summed E-state index contributed by atoms with van der Waals surface area (Å²) in [5, 5.41) is 14.6. The van der Waals surface area contributed by atoms with Crippen LogP contribution in [0.3, 0.4) is 0 Å². The van der Waals surface area contributed by atoms with Gasteiger partial charge in [0.1, 0.15) is 22.7 Å². The van der Waals surface area contributed by atoms with Crippen LogP contribution < -0.4 is 15.4 Å². The third kappa shape index (κ3) is 7.15. The van der Waals surface area contributed by atoms with E-state index in [1.54, 1.807) is 61.0 Å². The molecule has 2 N–H and O–H groups in total. The molecule has 280 valence electrons. The second-order valence-corrected chi connectivity index (χ2v) is 12.2. The van der Waals surface area contributed by atoms with Crippen molar-refractivity contribution >= 4 is 57.7 Å². The van der Waals surface area contributed by atoms with Crippen LogP contribution in [-0.2, 0) is 35.7 Å². The number of carbonyl (C=O) groups excluding carboxylic acids is 4. The number of nitrogens with one attached hydrogen (secondary N) is 2. The molecule has 0 saturated heterocycles. The summed E-state index contributed by atoms with van der Waals surface area (Å²) in [7, 11) is 4.06. The molecule has 4 heterocycles. The molecular weight excluding hydrogens is 696 g/mol. The summed E-state index contributed by atoms with van der Waals surface area (Å²) in [6.45, 7) is 8.86. The molecule has 4 aromatic heterocycles. The third-order valence-electron chi connectivity index (χ3n) is 8.68. The molecule has 2 amide bonds. The molecule has 17 nitrogen and oxygen atoms in total. The predicted molar refractivity (Wildman–Crippen MR) is 199 cm³/mol. The van der Waals surface area contributed by atoms with Crippen LogP contribution in [0.5, 0.6) is 5.75 Å². The summed E-state index contributed by atoms with van der Waals surface area (Å²) in [5.74, 6) is -1.09. The summed E-state index contributed by atoms with van der Waals surface area (Å²) >= 11 is 0. The number of methoxy groups -OCH3 is 3. The van der Waals surface area contributed by atoms with E-state index in [1.807, 2.05) is 39.8 Å². The summed E-state index contributed by atoms with van der Waals surface area (Å²) < 4.78 is 22.3. The minimum atomic E-state index is -0.569. The molecule has 0 aliphatic carbocycles. The van der Waals surface area contributed by atoms with E-state index in [9.17, 15) is 19.2 Å². The molecule has 17 heteroatoms. The zero-order chi connectivity index (χ0) is 38.7. The van der Waals surface area contributed by atoms with Gasteiger partial charge in [-0.3, -0.25) is 29.6 Å². The number of carbonyl (C=O) groups is 4. The van der Waals surface area contributed by atoms with Gasteiger partial charge in [-0.1, -0.05) is 12.2 Å². The quantitative estimate of drug-likeness (QED) is 0.123. The van der Waals surface area contributed by atoms with E-state index >= 15 is 0 Å². The van der Waals surface area contributed by atoms with Crippen molar-refractivity contribution in [2.45, 2.75) is 53.9 Å². The highest BCUT2D eigenvalue weighted by Gasteiger charge is 2.23. The number of hydrogen-bond acceptors (Lipinski definition) is 11. The average Bonchev–Trinajstić information content (AvgIpc) is 3.94. The minimum Gasteiger partial charge on any atom is -0.494 e. The average molecular weight is 737 g/mol. The van der Waals surface area contributed by atoms with E-state index in [4.69, 9.17) is 14.2 Å². The normalized spacial score (nSPS) is 11.4. The lowest BCUT2D eigenvalue weighted by atomic mass is 10.2. The van der Waals surface area contributed by atoms with Gasteiger partial charge in [0.25, 0.3) is 11.8 Å². The van der Waals surface area contributed by atoms with Crippen molar-refractivity contribution in [3.63, 3.8) is 0 Å². The Morgan fingerprint density at radius 3 is 1.76 bits per heavy atom. The van der Waals surface area contributed by atoms with Gasteiger partial charge in [-0.25, -0.2) is 19.6 Å². The maximum atomic E-state index is 13.5. The number of nitrogens with zero attached hydrogens (tertiary/aromatic N) is 8. The molecule has 0 atom stereocenters. The smallest absolute Gasteiger partial charge is 0.338 e. The van der Waals surface area contributed by atoms with Gasteiger partial charge in [-0.2, -0.15) is 10.2 Å². The van der Waals surface area contributed by atoms with Crippen molar-refractivity contribution < 1.29 is 33.4 Å². The number of allylic oxidation sites excluding steroid dienone is 2.